The molecule has 0 spiro atoms. The van der Waals surface area contributed by atoms with Gasteiger partial charge in [0.25, 0.3) is 10.0 Å². The van der Waals surface area contributed by atoms with Gasteiger partial charge in [-0.3, -0.25) is 9.10 Å². The number of carbonyl (C=O) groups is 1. The molecule has 0 aliphatic heterocycles. The van der Waals surface area contributed by atoms with Crippen molar-refractivity contribution in [2.24, 2.45) is 0 Å². The van der Waals surface area contributed by atoms with E-state index < -0.39 is 22.5 Å². The first-order valence-electron chi connectivity index (χ1n) is 9.47. The lowest BCUT2D eigenvalue weighted by Crippen LogP contribution is -2.38. The van der Waals surface area contributed by atoms with Crippen molar-refractivity contribution in [1.29, 1.82) is 0 Å². The van der Waals surface area contributed by atoms with E-state index in [1.165, 1.54) is 30.3 Å². The van der Waals surface area contributed by atoms with Crippen LogP contribution in [0.4, 0.5) is 11.4 Å². The zero-order valence-corrected chi connectivity index (χ0v) is 19.2. The molecule has 0 saturated carbocycles. The predicted molar refractivity (Wildman–Crippen MR) is 128 cm³/mol. The predicted octanol–water partition coefficient (Wildman–Crippen LogP) is 5.39. The molecule has 0 aromatic heterocycles. The molecule has 0 bridgehead atoms. The van der Waals surface area contributed by atoms with Gasteiger partial charge in [-0.05, 0) is 54.6 Å². The Balaban J connectivity index is 1.86. The molecule has 166 valence electrons. The molecular weight excluding hydrogens is 471 g/mol. The van der Waals surface area contributed by atoms with Gasteiger partial charge in [0.2, 0.25) is 5.91 Å². The van der Waals surface area contributed by atoms with Crippen LogP contribution >= 0.6 is 23.2 Å². The molecule has 32 heavy (non-hydrogen) atoms. The number of nitrogens with one attached hydrogen (secondary N) is 1. The zero-order chi connectivity index (χ0) is 23.1. The van der Waals surface area contributed by atoms with Crippen LogP contribution in [0.3, 0.4) is 0 Å². The summed E-state index contributed by atoms with van der Waals surface area (Å²) in [6.45, 7) is 3.48. The third-order valence-corrected chi connectivity index (χ3v) is 6.84. The fraction of sp³-hybridized carbons (Fsp3) is 0.0870. The average Bonchev–Trinajstić information content (AvgIpc) is 2.79. The van der Waals surface area contributed by atoms with E-state index in [1.54, 1.807) is 48.5 Å². The molecule has 0 heterocycles. The van der Waals surface area contributed by atoms with Crippen molar-refractivity contribution in [3.05, 3.63) is 95.5 Å². The first-order valence-corrected chi connectivity index (χ1v) is 11.7. The van der Waals surface area contributed by atoms with E-state index in [9.17, 15) is 13.2 Å². The Morgan fingerprint density at radius 1 is 1.00 bits per heavy atom. The fourth-order valence-corrected chi connectivity index (χ4v) is 4.52. The summed E-state index contributed by atoms with van der Waals surface area (Å²) in [4.78, 5) is 12.8. The van der Waals surface area contributed by atoms with Gasteiger partial charge >= 0.3 is 0 Å². The SMILES string of the molecule is C=CCOc1ccc(NC(=O)CN(c2ccc(Cl)c(Cl)c2)S(=O)(=O)c2ccccc2)cc1. The largest absolute Gasteiger partial charge is 0.490 e. The van der Waals surface area contributed by atoms with Crippen LogP contribution in [-0.2, 0) is 14.8 Å². The lowest BCUT2D eigenvalue weighted by molar-refractivity contribution is -0.114. The summed E-state index contributed by atoms with van der Waals surface area (Å²) in [5.41, 5.74) is 0.707. The molecule has 0 aliphatic rings. The van der Waals surface area contributed by atoms with Gasteiger partial charge in [0.15, 0.2) is 0 Å². The Bertz CT molecular complexity index is 1200. The minimum atomic E-state index is -4.05. The van der Waals surface area contributed by atoms with Gasteiger partial charge in [-0.2, -0.15) is 0 Å². The van der Waals surface area contributed by atoms with Gasteiger partial charge < -0.3 is 10.1 Å². The molecule has 9 heteroatoms. The smallest absolute Gasteiger partial charge is 0.264 e. The number of benzene rings is 3. The lowest BCUT2D eigenvalue weighted by Gasteiger charge is -2.24. The van der Waals surface area contributed by atoms with Gasteiger partial charge in [0.1, 0.15) is 18.9 Å². The van der Waals surface area contributed by atoms with E-state index in [-0.39, 0.29) is 20.6 Å². The van der Waals surface area contributed by atoms with Crippen LogP contribution in [-0.4, -0.2) is 27.5 Å². The summed E-state index contributed by atoms with van der Waals surface area (Å²) in [6, 6.07) is 18.9. The molecule has 3 rings (SSSR count). The summed E-state index contributed by atoms with van der Waals surface area (Å²) in [7, 11) is -4.05. The quantitative estimate of drug-likeness (QED) is 0.407. The first-order chi connectivity index (χ1) is 15.3. The van der Waals surface area contributed by atoms with Crippen molar-refractivity contribution < 1.29 is 17.9 Å². The highest BCUT2D eigenvalue weighted by Gasteiger charge is 2.27. The Labute approximate surface area is 197 Å². The van der Waals surface area contributed by atoms with Crippen LogP contribution in [0.1, 0.15) is 0 Å². The fourth-order valence-electron chi connectivity index (χ4n) is 2.80. The highest BCUT2D eigenvalue weighted by molar-refractivity contribution is 7.92. The summed E-state index contributed by atoms with van der Waals surface area (Å²) in [6.07, 6.45) is 1.63. The number of sulfonamides is 1. The Morgan fingerprint density at radius 3 is 2.31 bits per heavy atom. The molecule has 0 aliphatic carbocycles. The number of halogens is 2. The van der Waals surface area contributed by atoms with E-state index in [0.717, 1.165) is 4.31 Å². The van der Waals surface area contributed by atoms with E-state index >= 15 is 0 Å². The van der Waals surface area contributed by atoms with Gasteiger partial charge in [-0.25, -0.2) is 8.42 Å². The number of anilines is 2. The van der Waals surface area contributed by atoms with E-state index in [1.807, 2.05) is 0 Å². The summed E-state index contributed by atoms with van der Waals surface area (Å²) in [5.74, 6) is 0.0855. The van der Waals surface area contributed by atoms with Crippen molar-refractivity contribution >= 4 is 50.5 Å². The summed E-state index contributed by atoms with van der Waals surface area (Å²) >= 11 is 12.1. The van der Waals surface area contributed by atoms with Crippen molar-refractivity contribution in [3.63, 3.8) is 0 Å². The minimum absolute atomic E-state index is 0.0441. The Hall–Kier alpha value is -3.00. The number of carbonyl (C=O) groups excluding carboxylic acids is 1. The van der Waals surface area contributed by atoms with E-state index in [4.69, 9.17) is 27.9 Å². The van der Waals surface area contributed by atoms with Crippen LogP contribution < -0.4 is 14.4 Å². The van der Waals surface area contributed by atoms with Crippen LogP contribution in [0.15, 0.2) is 90.3 Å². The standard InChI is InChI=1S/C23H20Cl2N2O4S/c1-2-14-31-19-11-8-17(9-12-19)26-23(28)16-27(18-10-13-21(24)22(25)15-18)32(29,30)20-6-4-3-5-7-20/h2-13,15H,1,14,16H2,(H,26,28). The maximum Gasteiger partial charge on any atom is 0.264 e. The van der Waals surface area contributed by atoms with E-state index in [2.05, 4.69) is 11.9 Å². The molecule has 3 aromatic rings. The number of amides is 1. The minimum Gasteiger partial charge on any atom is -0.490 e. The lowest BCUT2D eigenvalue weighted by atomic mass is 10.3. The monoisotopic (exact) mass is 490 g/mol. The molecule has 0 unspecified atom stereocenters. The maximum absolute atomic E-state index is 13.3. The molecule has 0 saturated heterocycles. The van der Waals surface area contributed by atoms with Crippen molar-refractivity contribution in [1.82, 2.24) is 0 Å². The van der Waals surface area contributed by atoms with Crippen LogP contribution in [0.5, 0.6) is 5.75 Å². The molecule has 3 aromatic carbocycles. The second-order valence-corrected chi connectivity index (χ2v) is 9.27. The molecule has 0 fully saturated rings. The number of ether oxygens (including phenoxy) is 1. The van der Waals surface area contributed by atoms with Crippen molar-refractivity contribution in [2.75, 3.05) is 22.8 Å². The number of nitrogens with zero attached hydrogens (tertiary/aromatic N) is 1. The van der Waals surface area contributed by atoms with Gasteiger partial charge in [0.05, 0.1) is 20.6 Å². The zero-order valence-electron chi connectivity index (χ0n) is 16.9. The summed E-state index contributed by atoms with van der Waals surface area (Å²) in [5, 5.41) is 3.14. The maximum atomic E-state index is 13.3. The molecule has 1 amide bonds. The second-order valence-electron chi connectivity index (χ2n) is 6.60. The third-order valence-electron chi connectivity index (χ3n) is 4.32. The Morgan fingerprint density at radius 2 is 1.69 bits per heavy atom. The normalized spacial score (nSPS) is 10.9. The van der Waals surface area contributed by atoms with Crippen LogP contribution in [0.2, 0.25) is 10.0 Å². The van der Waals surface area contributed by atoms with Crippen LogP contribution in [0.25, 0.3) is 0 Å². The number of hydrogen-bond donors (Lipinski definition) is 1. The number of rotatable bonds is 9. The Kier molecular flexibility index (Phi) is 7.80. The molecule has 0 radical (unpaired) electrons. The second kappa shape index (κ2) is 10.5. The van der Waals surface area contributed by atoms with Gasteiger partial charge in [-0.1, -0.05) is 54.1 Å². The first kappa shape index (κ1) is 23.7. The third kappa shape index (κ3) is 5.82. The molecule has 6 nitrogen and oxygen atoms in total. The number of hydrogen-bond acceptors (Lipinski definition) is 4. The van der Waals surface area contributed by atoms with Crippen molar-refractivity contribution in [3.8, 4) is 5.75 Å². The van der Waals surface area contributed by atoms with E-state index in [0.29, 0.717) is 18.0 Å². The molecule has 0 atom stereocenters. The summed E-state index contributed by atoms with van der Waals surface area (Å²) < 4.78 is 33.0. The van der Waals surface area contributed by atoms with Crippen LogP contribution in [0, 0.1) is 0 Å². The highest BCUT2D eigenvalue weighted by atomic mass is 35.5. The highest BCUT2D eigenvalue weighted by Crippen LogP contribution is 2.30. The van der Waals surface area contributed by atoms with Gasteiger partial charge in [-0.15, -0.1) is 0 Å². The van der Waals surface area contributed by atoms with Gasteiger partial charge in [0, 0.05) is 5.69 Å². The average molecular weight is 491 g/mol. The topological polar surface area (TPSA) is 75.7 Å². The molecular formula is C23H20Cl2N2O4S. The van der Waals surface area contributed by atoms with Crippen molar-refractivity contribution in [2.45, 2.75) is 4.90 Å². The molecule has 1 N–H and O–H groups in total.